The van der Waals surface area contributed by atoms with E-state index in [1.54, 1.807) is 0 Å². The number of hydrogen-bond donors (Lipinski definition) is 3. The molecule has 4 atom stereocenters. The van der Waals surface area contributed by atoms with Crippen molar-refractivity contribution in [3.05, 3.63) is 0 Å². The van der Waals surface area contributed by atoms with Gasteiger partial charge in [0.1, 0.15) is 31.2 Å². The fraction of sp³-hybridized carbons (Fsp3) is 0.857. The van der Waals surface area contributed by atoms with Crippen molar-refractivity contribution in [3.63, 3.8) is 0 Å². The number of ether oxygens (including phenoxy) is 2. The van der Waals surface area contributed by atoms with Crippen molar-refractivity contribution in [2.24, 2.45) is 0 Å². The highest BCUT2D eigenvalue weighted by atomic mass is 16.7. The average Bonchev–Trinajstić information content (AvgIpc) is 2.17. The lowest BCUT2D eigenvalue weighted by Gasteiger charge is -2.34. The molecule has 1 heterocycles. The van der Waals surface area contributed by atoms with Crippen molar-refractivity contribution in [1.82, 2.24) is 0 Å². The number of rotatable bonds is 3. The van der Waals surface area contributed by atoms with Crippen molar-refractivity contribution in [2.75, 3.05) is 13.4 Å². The molecule has 1 rings (SSSR count). The zero-order valence-corrected chi connectivity index (χ0v) is 6.87. The molecule has 76 valence electrons. The Kier molecular flexibility index (Phi) is 3.76. The Morgan fingerprint density at radius 3 is 2.77 bits per heavy atom. The Bertz CT molecular complexity index is 172. The maximum absolute atomic E-state index is 10.2. The lowest BCUT2D eigenvalue weighted by atomic mass is 10.0. The third-order valence-electron chi connectivity index (χ3n) is 1.92. The number of carbonyl (C=O) groups excluding carboxylic acids is 1. The summed E-state index contributed by atoms with van der Waals surface area (Å²) in [5.74, 6) is 0. The molecule has 1 fully saturated rings. The molecule has 1 aliphatic heterocycles. The van der Waals surface area contributed by atoms with Crippen molar-refractivity contribution in [1.29, 1.82) is 0 Å². The molecule has 0 aliphatic carbocycles. The summed E-state index contributed by atoms with van der Waals surface area (Å²) in [6.07, 6.45) is -4.16. The van der Waals surface area contributed by atoms with Gasteiger partial charge in [0.15, 0.2) is 6.29 Å². The third-order valence-corrected chi connectivity index (χ3v) is 1.92. The first-order chi connectivity index (χ1) is 6.20. The zero-order chi connectivity index (χ0) is 9.84. The van der Waals surface area contributed by atoms with E-state index in [0.29, 0.717) is 0 Å². The van der Waals surface area contributed by atoms with Gasteiger partial charge in [0.05, 0.1) is 6.61 Å². The molecule has 0 aromatic rings. The van der Waals surface area contributed by atoms with E-state index in [2.05, 4.69) is 0 Å². The Labute approximate surface area is 74.7 Å². The number of aldehydes is 1. The second-order valence-electron chi connectivity index (χ2n) is 2.75. The molecule has 1 aliphatic rings. The van der Waals surface area contributed by atoms with Gasteiger partial charge in [0, 0.05) is 0 Å². The molecule has 0 saturated carbocycles. The monoisotopic (exact) mass is 192 g/mol. The molecule has 3 N–H and O–H groups in total. The molecule has 0 aromatic carbocycles. The number of carbonyl (C=O) groups is 1. The second kappa shape index (κ2) is 4.64. The highest BCUT2D eigenvalue weighted by Gasteiger charge is 2.37. The van der Waals surface area contributed by atoms with Gasteiger partial charge in [-0.3, -0.25) is 0 Å². The molecule has 0 amide bonds. The minimum Gasteiger partial charge on any atom is -0.394 e. The molecule has 4 unspecified atom stereocenters. The van der Waals surface area contributed by atoms with Crippen LogP contribution in [0.5, 0.6) is 0 Å². The summed E-state index contributed by atoms with van der Waals surface area (Å²) < 4.78 is 9.63. The quantitative estimate of drug-likeness (QED) is 0.433. The van der Waals surface area contributed by atoms with Crippen LogP contribution < -0.4 is 0 Å². The van der Waals surface area contributed by atoms with Gasteiger partial charge in [0.25, 0.3) is 0 Å². The van der Waals surface area contributed by atoms with Crippen LogP contribution in [0.15, 0.2) is 0 Å². The fourth-order valence-electron chi connectivity index (χ4n) is 1.15. The summed E-state index contributed by atoms with van der Waals surface area (Å²) in [7, 11) is 0. The van der Waals surface area contributed by atoms with Crippen molar-refractivity contribution in [3.8, 4) is 0 Å². The maximum atomic E-state index is 10.2. The molecular formula is C7H12O6. The minimum absolute atomic E-state index is 0.155. The van der Waals surface area contributed by atoms with Gasteiger partial charge in [-0.2, -0.15) is 0 Å². The molecular weight excluding hydrogens is 180 g/mol. The number of aliphatic hydroxyl groups is 3. The second-order valence-corrected chi connectivity index (χ2v) is 2.75. The number of hydrogen-bond acceptors (Lipinski definition) is 6. The van der Waals surface area contributed by atoms with Gasteiger partial charge < -0.3 is 29.6 Å². The van der Waals surface area contributed by atoms with E-state index >= 15 is 0 Å². The lowest BCUT2D eigenvalue weighted by Crippen LogP contribution is -2.53. The van der Waals surface area contributed by atoms with Crippen LogP contribution in [0.1, 0.15) is 0 Å². The molecule has 0 aromatic heterocycles. The van der Waals surface area contributed by atoms with Crippen LogP contribution in [0.3, 0.4) is 0 Å². The van der Waals surface area contributed by atoms with Crippen molar-refractivity contribution in [2.45, 2.75) is 24.4 Å². The topological polar surface area (TPSA) is 96.2 Å². The molecule has 0 spiro atoms. The summed E-state index contributed by atoms with van der Waals surface area (Å²) in [5.41, 5.74) is 0. The van der Waals surface area contributed by atoms with E-state index < -0.39 is 24.4 Å². The summed E-state index contributed by atoms with van der Waals surface area (Å²) in [6.45, 7) is -0.537. The highest BCUT2D eigenvalue weighted by Crippen LogP contribution is 2.16. The standard InChI is InChI=1S/C7H12O6/c8-1-4(10)7-6(11)5(2-9)12-3-13-7/h1,4-7,9-11H,2-3H2. The van der Waals surface area contributed by atoms with Crippen LogP contribution in [0, 0.1) is 0 Å². The number of aliphatic hydroxyl groups excluding tert-OH is 3. The van der Waals surface area contributed by atoms with Crippen LogP contribution in [0.2, 0.25) is 0 Å². The molecule has 6 nitrogen and oxygen atoms in total. The lowest BCUT2D eigenvalue weighted by molar-refractivity contribution is -0.253. The van der Waals surface area contributed by atoms with E-state index in [0.717, 1.165) is 0 Å². The van der Waals surface area contributed by atoms with Crippen LogP contribution in [-0.2, 0) is 14.3 Å². The van der Waals surface area contributed by atoms with Gasteiger partial charge in [-0.1, -0.05) is 0 Å². The summed E-state index contributed by atoms with van der Waals surface area (Å²) in [5, 5.41) is 27.2. The Morgan fingerprint density at radius 1 is 1.54 bits per heavy atom. The van der Waals surface area contributed by atoms with Crippen molar-refractivity contribution < 1.29 is 29.6 Å². The maximum Gasteiger partial charge on any atom is 0.151 e. The van der Waals surface area contributed by atoms with E-state index in [4.69, 9.17) is 19.7 Å². The minimum atomic E-state index is -1.40. The largest absolute Gasteiger partial charge is 0.394 e. The van der Waals surface area contributed by atoms with Crippen LogP contribution >= 0.6 is 0 Å². The van der Waals surface area contributed by atoms with Crippen LogP contribution in [0.4, 0.5) is 0 Å². The Balaban J connectivity index is 2.58. The van der Waals surface area contributed by atoms with Gasteiger partial charge in [-0.15, -0.1) is 0 Å². The fourth-order valence-corrected chi connectivity index (χ4v) is 1.15. The zero-order valence-electron chi connectivity index (χ0n) is 6.87. The van der Waals surface area contributed by atoms with Gasteiger partial charge in [0.2, 0.25) is 0 Å². The van der Waals surface area contributed by atoms with E-state index in [-0.39, 0.29) is 19.7 Å². The van der Waals surface area contributed by atoms with E-state index in [9.17, 15) is 9.90 Å². The summed E-state index contributed by atoms with van der Waals surface area (Å²) in [6, 6.07) is 0. The average molecular weight is 192 g/mol. The van der Waals surface area contributed by atoms with Crippen molar-refractivity contribution >= 4 is 6.29 Å². The van der Waals surface area contributed by atoms with Gasteiger partial charge >= 0.3 is 0 Å². The first-order valence-electron chi connectivity index (χ1n) is 3.86. The molecule has 6 heteroatoms. The Morgan fingerprint density at radius 2 is 2.23 bits per heavy atom. The molecule has 0 bridgehead atoms. The Hall–Kier alpha value is -0.530. The summed E-state index contributed by atoms with van der Waals surface area (Å²) in [4.78, 5) is 10.2. The smallest absolute Gasteiger partial charge is 0.151 e. The van der Waals surface area contributed by atoms with E-state index in [1.165, 1.54) is 0 Å². The molecule has 1 saturated heterocycles. The van der Waals surface area contributed by atoms with Crippen LogP contribution in [0.25, 0.3) is 0 Å². The van der Waals surface area contributed by atoms with E-state index in [1.807, 2.05) is 0 Å². The first kappa shape index (κ1) is 10.6. The van der Waals surface area contributed by atoms with Gasteiger partial charge in [-0.05, 0) is 0 Å². The first-order valence-corrected chi connectivity index (χ1v) is 3.86. The predicted octanol–water partition coefficient (Wildman–Crippen LogP) is -2.36. The molecule has 13 heavy (non-hydrogen) atoms. The summed E-state index contributed by atoms with van der Waals surface area (Å²) >= 11 is 0. The normalized spacial score (nSPS) is 37.0. The SMILES string of the molecule is O=CC(O)C1OCOC(CO)C1O. The third kappa shape index (κ3) is 2.23. The highest BCUT2D eigenvalue weighted by molar-refractivity contribution is 5.56. The molecule has 0 radical (unpaired) electrons. The van der Waals surface area contributed by atoms with Gasteiger partial charge in [-0.25, -0.2) is 0 Å². The predicted molar refractivity (Wildman–Crippen MR) is 39.8 cm³/mol. The van der Waals surface area contributed by atoms with Crippen LogP contribution in [-0.4, -0.2) is 59.4 Å².